The predicted molar refractivity (Wildman–Crippen MR) is 108 cm³/mol. The first-order valence-electron chi connectivity index (χ1n) is 9.59. The molecule has 2 amide bonds. The number of hydrogen-bond donors (Lipinski definition) is 0. The van der Waals surface area contributed by atoms with Crippen molar-refractivity contribution in [3.63, 3.8) is 0 Å². The number of rotatable bonds is 3. The van der Waals surface area contributed by atoms with Gasteiger partial charge in [0.15, 0.2) is 0 Å². The fourth-order valence-corrected chi connectivity index (χ4v) is 4.53. The van der Waals surface area contributed by atoms with Gasteiger partial charge in [-0.3, -0.25) is 9.80 Å². The number of benzene rings is 2. The van der Waals surface area contributed by atoms with E-state index >= 15 is 0 Å². The van der Waals surface area contributed by atoms with E-state index in [1.807, 2.05) is 40.1 Å². The summed E-state index contributed by atoms with van der Waals surface area (Å²) in [6.07, 6.45) is 2.24. The quantitative estimate of drug-likeness (QED) is 0.718. The largest absolute Gasteiger partial charge is 0.350 e. The fourth-order valence-electron chi connectivity index (χ4n) is 4.53. The third-order valence-electron chi connectivity index (χ3n) is 5.88. The number of aromatic nitrogens is 1. The Hall–Kier alpha value is -2.79. The van der Waals surface area contributed by atoms with Crippen molar-refractivity contribution in [1.82, 2.24) is 14.4 Å². The van der Waals surface area contributed by atoms with Gasteiger partial charge in [-0.25, -0.2) is 4.79 Å². The number of hydrogen-bond acceptors (Lipinski definition) is 2. The summed E-state index contributed by atoms with van der Waals surface area (Å²) in [5.41, 5.74) is 3.64. The van der Waals surface area contributed by atoms with Crippen LogP contribution in [0.25, 0.3) is 10.9 Å². The van der Waals surface area contributed by atoms with Crippen molar-refractivity contribution in [3.05, 3.63) is 66.4 Å². The molecule has 5 rings (SSSR count). The number of nitrogens with zero attached hydrogens (tertiary/aromatic N) is 4. The molecule has 2 fully saturated rings. The van der Waals surface area contributed by atoms with Crippen LogP contribution >= 0.6 is 0 Å². The van der Waals surface area contributed by atoms with E-state index in [4.69, 9.17) is 0 Å². The molecule has 0 bridgehead atoms. The van der Waals surface area contributed by atoms with Crippen LogP contribution < -0.4 is 4.90 Å². The van der Waals surface area contributed by atoms with Crippen LogP contribution in [-0.2, 0) is 13.6 Å². The van der Waals surface area contributed by atoms with Gasteiger partial charge >= 0.3 is 6.03 Å². The summed E-state index contributed by atoms with van der Waals surface area (Å²) in [4.78, 5) is 19.3. The third-order valence-corrected chi connectivity index (χ3v) is 5.88. The molecule has 0 aliphatic carbocycles. The van der Waals surface area contributed by atoms with E-state index in [0.717, 1.165) is 38.4 Å². The first-order chi connectivity index (χ1) is 13.2. The van der Waals surface area contributed by atoms with Gasteiger partial charge in [0.1, 0.15) is 0 Å². The first kappa shape index (κ1) is 16.4. The summed E-state index contributed by atoms with van der Waals surface area (Å²) < 4.78 is 2.21. The Balaban J connectivity index is 1.33. The van der Waals surface area contributed by atoms with Gasteiger partial charge in [-0.2, -0.15) is 0 Å². The van der Waals surface area contributed by atoms with Crippen LogP contribution in [0.3, 0.4) is 0 Å². The Morgan fingerprint density at radius 2 is 1.74 bits per heavy atom. The average Bonchev–Trinajstić information content (AvgIpc) is 3.20. The molecule has 2 aliphatic heterocycles. The Labute approximate surface area is 159 Å². The molecule has 1 atom stereocenters. The van der Waals surface area contributed by atoms with E-state index in [2.05, 4.69) is 47.0 Å². The lowest BCUT2D eigenvalue weighted by molar-refractivity contribution is 0.117. The number of para-hydroxylation sites is 2. The summed E-state index contributed by atoms with van der Waals surface area (Å²) in [5, 5.41) is 1.33. The van der Waals surface area contributed by atoms with Gasteiger partial charge in [0.2, 0.25) is 0 Å². The lowest BCUT2D eigenvalue weighted by atomic mass is 10.1. The van der Waals surface area contributed by atoms with Crippen LogP contribution in [0.2, 0.25) is 0 Å². The van der Waals surface area contributed by atoms with Crippen LogP contribution in [0.5, 0.6) is 0 Å². The summed E-state index contributed by atoms with van der Waals surface area (Å²) in [5.74, 6) is 0. The molecule has 3 aromatic rings. The number of urea groups is 1. The van der Waals surface area contributed by atoms with Crippen molar-refractivity contribution in [2.75, 3.05) is 31.1 Å². The lowest BCUT2D eigenvalue weighted by Crippen LogP contribution is -2.51. The number of carbonyl (C=O) groups excluding carboxylic acids is 1. The number of anilines is 1. The molecule has 2 aromatic carbocycles. The van der Waals surface area contributed by atoms with E-state index in [1.165, 1.54) is 16.5 Å². The molecular weight excluding hydrogens is 336 g/mol. The zero-order chi connectivity index (χ0) is 18.4. The maximum absolute atomic E-state index is 12.8. The molecule has 138 valence electrons. The summed E-state index contributed by atoms with van der Waals surface area (Å²) in [6, 6.07) is 19.0. The van der Waals surface area contributed by atoms with Crippen LogP contribution in [-0.4, -0.2) is 52.6 Å². The highest BCUT2D eigenvalue weighted by Gasteiger charge is 2.41. The van der Waals surface area contributed by atoms with Gasteiger partial charge in [-0.05, 0) is 23.8 Å². The van der Waals surface area contributed by atoms with Gasteiger partial charge < -0.3 is 9.47 Å². The van der Waals surface area contributed by atoms with Crippen molar-refractivity contribution in [3.8, 4) is 0 Å². The van der Waals surface area contributed by atoms with E-state index in [0.29, 0.717) is 0 Å². The molecule has 27 heavy (non-hydrogen) atoms. The number of fused-ring (bicyclic) bond motifs is 2. The Morgan fingerprint density at radius 3 is 2.59 bits per heavy atom. The minimum Gasteiger partial charge on any atom is -0.350 e. The van der Waals surface area contributed by atoms with Crippen molar-refractivity contribution in [2.45, 2.75) is 12.6 Å². The first-order valence-corrected chi connectivity index (χ1v) is 9.59. The molecule has 0 radical (unpaired) electrons. The maximum Gasteiger partial charge on any atom is 0.324 e. The highest BCUT2D eigenvalue weighted by atomic mass is 16.2. The third kappa shape index (κ3) is 2.79. The Kier molecular flexibility index (Phi) is 3.90. The monoisotopic (exact) mass is 360 g/mol. The van der Waals surface area contributed by atoms with Crippen molar-refractivity contribution in [1.29, 1.82) is 0 Å². The second-order valence-electron chi connectivity index (χ2n) is 7.59. The molecule has 0 spiro atoms. The number of carbonyl (C=O) groups is 1. The molecule has 2 saturated heterocycles. The van der Waals surface area contributed by atoms with Crippen LogP contribution in [0, 0.1) is 0 Å². The maximum atomic E-state index is 12.8. The molecule has 5 heteroatoms. The topological polar surface area (TPSA) is 31.7 Å². The van der Waals surface area contributed by atoms with Crippen molar-refractivity contribution < 1.29 is 4.79 Å². The van der Waals surface area contributed by atoms with Gasteiger partial charge in [-0.1, -0.05) is 36.4 Å². The highest BCUT2D eigenvalue weighted by molar-refractivity contribution is 5.94. The second kappa shape index (κ2) is 6.43. The smallest absolute Gasteiger partial charge is 0.324 e. The van der Waals surface area contributed by atoms with Crippen LogP contribution in [0.15, 0.2) is 60.8 Å². The van der Waals surface area contributed by atoms with E-state index in [-0.39, 0.29) is 12.1 Å². The number of aryl methyl sites for hydroxylation is 1. The SMILES string of the molecule is Cn1cc(CN2CCN3C(=O)N(c4ccccc4)C[C@H]3C2)c2ccccc21. The van der Waals surface area contributed by atoms with E-state index in [9.17, 15) is 4.79 Å². The zero-order valence-electron chi connectivity index (χ0n) is 15.6. The van der Waals surface area contributed by atoms with Gasteiger partial charge in [0, 0.05) is 62.6 Å². The van der Waals surface area contributed by atoms with E-state index < -0.39 is 0 Å². The Morgan fingerprint density at radius 1 is 0.963 bits per heavy atom. The van der Waals surface area contributed by atoms with Crippen molar-refractivity contribution >= 4 is 22.6 Å². The van der Waals surface area contributed by atoms with Gasteiger partial charge in [0.25, 0.3) is 0 Å². The van der Waals surface area contributed by atoms with Gasteiger partial charge in [-0.15, -0.1) is 0 Å². The summed E-state index contributed by atoms with van der Waals surface area (Å²) in [6.45, 7) is 4.37. The Bertz CT molecular complexity index is 980. The van der Waals surface area contributed by atoms with Crippen LogP contribution in [0.4, 0.5) is 10.5 Å². The number of amides is 2. The van der Waals surface area contributed by atoms with Crippen LogP contribution in [0.1, 0.15) is 5.56 Å². The summed E-state index contributed by atoms with van der Waals surface area (Å²) >= 11 is 0. The normalized spacial score (nSPS) is 20.5. The standard InChI is InChI=1S/C22H24N4O/c1-23-13-17(20-9-5-6-10-21(20)23)14-24-11-12-25-19(15-24)16-26(22(25)27)18-7-3-2-4-8-18/h2-10,13,19H,11-12,14-16H2,1H3/t19-/m1/s1. The predicted octanol–water partition coefficient (Wildman–Crippen LogP) is 3.30. The van der Waals surface area contributed by atoms with Crippen molar-refractivity contribution in [2.24, 2.45) is 7.05 Å². The molecule has 5 nitrogen and oxygen atoms in total. The molecule has 2 aliphatic rings. The van der Waals surface area contributed by atoms with E-state index in [1.54, 1.807) is 0 Å². The highest BCUT2D eigenvalue weighted by Crippen LogP contribution is 2.28. The molecule has 0 unspecified atom stereocenters. The lowest BCUT2D eigenvalue weighted by Gasteiger charge is -2.36. The zero-order valence-corrected chi connectivity index (χ0v) is 15.6. The minimum atomic E-state index is 0.149. The number of piperazine rings is 1. The van der Waals surface area contributed by atoms with Gasteiger partial charge in [0.05, 0.1) is 6.04 Å². The second-order valence-corrected chi connectivity index (χ2v) is 7.59. The molecule has 1 aromatic heterocycles. The molecule has 3 heterocycles. The molecular formula is C22H24N4O. The molecule has 0 N–H and O–H groups in total. The summed E-state index contributed by atoms with van der Waals surface area (Å²) in [7, 11) is 2.11. The fraction of sp³-hybridized carbons (Fsp3) is 0.318. The minimum absolute atomic E-state index is 0.149. The molecule has 0 saturated carbocycles. The average molecular weight is 360 g/mol.